The molecule has 1 amide bonds. The summed E-state index contributed by atoms with van der Waals surface area (Å²) in [7, 11) is 4.63. The molecule has 1 heterocycles. The third-order valence-corrected chi connectivity index (χ3v) is 5.18. The summed E-state index contributed by atoms with van der Waals surface area (Å²) in [5, 5.41) is 9.57. The molecule has 0 aliphatic carbocycles. The molecule has 3 N–H and O–H groups in total. The molecule has 2 aromatic carbocycles. The molecule has 2 aromatic rings. The first-order valence-electron chi connectivity index (χ1n) is 10.0. The Bertz CT molecular complexity index is 1010. The quantitative estimate of drug-likeness (QED) is 0.519. The molecule has 8 nitrogen and oxygen atoms in total. The van der Waals surface area contributed by atoms with Crippen LogP contribution in [-0.4, -0.2) is 39.0 Å². The van der Waals surface area contributed by atoms with Gasteiger partial charge in [-0.2, -0.15) is 0 Å². The summed E-state index contributed by atoms with van der Waals surface area (Å²) in [6, 6.07) is 10.3. The Labute approximate surface area is 192 Å². The second-order valence-electron chi connectivity index (χ2n) is 6.94. The number of nitrogens with one attached hydrogen (secondary N) is 3. The van der Waals surface area contributed by atoms with Crippen molar-refractivity contribution in [1.29, 1.82) is 0 Å². The molecule has 32 heavy (non-hydrogen) atoms. The van der Waals surface area contributed by atoms with Gasteiger partial charge in [-0.05, 0) is 68.0 Å². The van der Waals surface area contributed by atoms with E-state index < -0.39 is 6.04 Å². The van der Waals surface area contributed by atoms with E-state index in [1.54, 1.807) is 38.5 Å². The largest absolute Gasteiger partial charge is 0.494 e. The van der Waals surface area contributed by atoms with E-state index in [0.717, 1.165) is 11.3 Å². The fourth-order valence-electron chi connectivity index (χ4n) is 3.51. The van der Waals surface area contributed by atoms with Crippen molar-refractivity contribution in [2.24, 2.45) is 0 Å². The van der Waals surface area contributed by atoms with Crippen LogP contribution in [0.15, 0.2) is 47.7 Å². The number of rotatable bonds is 8. The maximum atomic E-state index is 13.3. The molecule has 0 fully saturated rings. The lowest BCUT2D eigenvalue weighted by molar-refractivity contribution is -0.113. The van der Waals surface area contributed by atoms with E-state index in [1.165, 1.54) is 7.11 Å². The number of benzene rings is 2. The minimum Gasteiger partial charge on any atom is -0.494 e. The van der Waals surface area contributed by atoms with Gasteiger partial charge in [0.15, 0.2) is 16.6 Å². The molecular weight excluding hydrogens is 430 g/mol. The Morgan fingerprint density at radius 3 is 2.22 bits per heavy atom. The van der Waals surface area contributed by atoms with Crippen molar-refractivity contribution in [3.63, 3.8) is 0 Å². The van der Waals surface area contributed by atoms with E-state index in [2.05, 4.69) is 16.0 Å². The Kier molecular flexibility index (Phi) is 7.42. The average molecular weight is 458 g/mol. The highest BCUT2D eigenvalue weighted by Gasteiger charge is 2.31. The first-order valence-corrected chi connectivity index (χ1v) is 10.4. The number of hydrogen-bond acceptors (Lipinski definition) is 6. The van der Waals surface area contributed by atoms with Crippen molar-refractivity contribution >= 4 is 28.9 Å². The molecule has 0 saturated carbocycles. The zero-order chi connectivity index (χ0) is 23.3. The average Bonchev–Trinajstić information content (AvgIpc) is 2.78. The van der Waals surface area contributed by atoms with Crippen LogP contribution in [0.5, 0.6) is 23.0 Å². The minimum atomic E-state index is -0.528. The number of hydrogen-bond donors (Lipinski definition) is 3. The first kappa shape index (κ1) is 23.2. The number of ether oxygens (including phenoxy) is 4. The zero-order valence-corrected chi connectivity index (χ0v) is 19.5. The summed E-state index contributed by atoms with van der Waals surface area (Å²) in [6.07, 6.45) is 0. The van der Waals surface area contributed by atoms with Gasteiger partial charge in [0, 0.05) is 11.4 Å². The van der Waals surface area contributed by atoms with Crippen LogP contribution >= 0.6 is 12.2 Å². The highest BCUT2D eigenvalue weighted by Crippen LogP contribution is 2.41. The van der Waals surface area contributed by atoms with Crippen molar-refractivity contribution in [2.75, 3.05) is 33.3 Å². The molecule has 170 valence electrons. The third-order valence-electron chi connectivity index (χ3n) is 4.96. The van der Waals surface area contributed by atoms with E-state index in [4.69, 9.17) is 31.2 Å². The number of carbonyl (C=O) groups is 1. The number of thiocarbonyl (C=S) groups is 1. The van der Waals surface area contributed by atoms with Crippen LogP contribution in [0.25, 0.3) is 0 Å². The van der Waals surface area contributed by atoms with Gasteiger partial charge >= 0.3 is 0 Å². The SMILES string of the molecule is CCOc1ccc(NC(=O)C2=C(C)NC(=S)NC2c2cc(OC)c(OC)c(OC)c2)cc1. The summed E-state index contributed by atoms with van der Waals surface area (Å²) in [5.74, 6) is 1.90. The summed E-state index contributed by atoms with van der Waals surface area (Å²) in [6.45, 7) is 4.30. The van der Waals surface area contributed by atoms with Crippen LogP contribution in [0, 0.1) is 0 Å². The minimum absolute atomic E-state index is 0.270. The third kappa shape index (κ3) is 4.88. The maximum Gasteiger partial charge on any atom is 0.255 e. The van der Waals surface area contributed by atoms with Crippen molar-refractivity contribution in [3.8, 4) is 23.0 Å². The predicted molar refractivity (Wildman–Crippen MR) is 127 cm³/mol. The van der Waals surface area contributed by atoms with Crippen LogP contribution in [0.3, 0.4) is 0 Å². The lowest BCUT2D eigenvalue weighted by Gasteiger charge is -2.31. The number of allylic oxidation sites excluding steroid dienone is 1. The van der Waals surface area contributed by atoms with Crippen LogP contribution in [-0.2, 0) is 4.79 Å². The van der Waals surface area contributed by atoms with Crippen LogP contribution in [0.2, 0.25) is 0 Å². The Balaban J connectivity index is 1.97. The van der Waals surface area contributed by atoms with Gasteiger partial charge in [-0.15, -0.1) is 0 Å². The molecule has 0 spiro atoms. The topological polar surface area (TPSA) is 90.1 Å². The van der Waals surface area contributed by atoms with Gasteiger partial charge in [0.05, 0.1) is 39.6 Å². The number of carbonyl (C=O) groups excluding carboxylic acids is 1. The van der Waals surface area contributed by atoms with Gasteiger partial charge in [-0.3, -0.25) is 4.79 Å². The highest BCUT2D eigenvalue weighted by molar-refractivity contribution is 7.80. The fourth-order valence-corrected chi connectivity index (χ4v) is 3.78. The Morgan fingerprint density at radius 1 is 1.06 bits per heavy atom. The lowest BCUT2D eigenvalue weighted by Crippen LogP contribution is -2.45. The van der Waals surface area contributed by atoms with Crippen molar-refractivity contribution < 1.29 is 23.7 Å². The van der Waals surface area contributed by atoms with E-state index in [9.17, 15) is 4.79 Å². The summed E-state index contributed by atoms with van der Waals surface area (Å²) in [5.41, 5.74) is 2.52. The van der Waals surface area contributed by atoms with Crippen molar-refractivity contribution in [1.82, 2.24) is 10.6 Å². The van der Waals surface area contributed by atoms with Gasteiger partial charge in [0.2, 0.25) is 5.75 Å². The lowest BCUT2D eigenvalue weighted by atomic mass is 9.94. The van der Waals surface area contributed by atoms with Gasteiger partial charge in [-0.1, -0.05) is 0 Å². The highest BCUT2D eigenvalue weighted by atomic mass is 32.1. The predicted octanol–water partition coefficient (Wildman–Crippen LogP) is 3.54. The number of amides is 1. The maximum absolute atomic E-state index is 13.3. The van der Waals surface area contributed by atoms with E-state index in [0.29, 0.717) is 45.9 Å². The van der Waals surface area contributed by atoms with Crippen molar-refractivity contribution in [2.45, 2.75) is 19.9 Å². The molecule has 1 unspecified atom stereocenters. The number of anilines is 1. The molecular formula is C23H27N3O5S. The van der Waals surface area contributed by atoms with E-state index in [1.807, 2.05) is 26.0 Å². The van der Waals surface area contributed by atoms with Gasteiger partial charge in [-0.25, -0.2) is 0 Å². The van der Waals surface area contributed by atoms with E-state index >= 15 is 0 Å². The first-order chi connectivity index (χ1) is 15.4. The second-order valence-corrected chi connectivity index (χ2v) is 7.35. The van der Waals surface area contributed by atoms with Crippen molar-refractivity contribution in [3.05, 3.63) is 53.2 Å². The molecule has 3 rings (SSSR count). The van der Waals surface area contributed by atoms with Crippen LogP contribution < -0.4 is 34.9 Å². The fraction of sp³-hybridized carbons (Fsp3) is 0.304. The van der Waals surface area contributed by atoms with E-state index in [-0.39, 0.29) is 5.91 Å². The monoisotopic (exact) mass is 457 g/mol. The standard InChI is InChI=1S/C23H27N3O5S/c1-6-31-16-9-7-15(8-10-16)25-22(27)19-13(2)24-23(32)26-20(19)14-11-17(28-3)21(30-5)18(12-14)29-4/h7-12,20H,6H2,1-5H3,(H,25,27)(H2,24,26,32). The normalized spacial score (nSPS) is 15.4. The summed E-state index contributed by atoms with van der Waals surface area (Å²) in [4.78, 5) is 13.3. The Morgan fingerprint density at radius 2 is 1.69 bits per heavy atom. The molecule has 1 aliphatic heterocycles. The van der Waals surface area contributed by atoms with Gasteiger partial charge in [0.25, 0.3) is 5.91 Å². The molecule has 0 saturated heterocycles. The second kappa shape index (κ2) is 10.2. The molecule has 9 heteroatoms. The molecule has 1 aliphatic rings. The summed E-state index contributed by atoms with van der Waals surface area (Å²) >= 11 is 5.35. The van der Waals surface area contributed by atoms with Gasteiger partial charge in [0.1, 0.15) is 5.75 Å². The summed E-state index contributed by atoms with van der Waals surface area (Å²) < 4.78 is 21.8. The molecule has 1 atom stereocenters. The van der Waals surface area contributed by atoms with Crippen LogP contribution in [0.4, 0.5) is 5.69 Å². The molecule has 0 aromatic heterocycles. The zero-order valence-electron chi connectivity index (χ0n) is 18.7. The number of methoxy groups -OCH3 is 3. The Hall–Kier alpha value is -3.46. The van der Waals surface area contributed by atoms with Crippen LogP contribution in [0.1, 0.15) is 25.5 Å². The molecule has 0 radical (unpaired) electrons. The van der Waals surface area contributed by atoms with Gasteiger partial charge < -0.3 is 34.9 Å². The smallest absolute Gasteiger partial charge is 0.255 e. The molecule has 0 bridgehead atoms.